The quantitative estimate of drug-likeness (QED) is 0.447. The minimum Gasteiger partial charge on any atom is -0.462 e. The van der Waals surface area contributed by atoms with Crippen LogP contribution in [-0.2, 0) is 4.74 Å². The number of nitrogens with zero attached hydrogens (tertiary/aromatic N) is 5. The van der Waals surface area contributed by atoms with Crippen LogP contribution in [0.5, 0.6) is 0 Å². The van der Waals surface area contributed by atoms with Crippen molar-refractivity contribution < 1.29 is 9.53 Å². The lowest BCUT2D eigenvalue weighted by atomic mass is 9.96. The van der Waals surface area contributed by atoms with Crippen LogP contribution in [0.4, 0.5) is 11.5 Å². The van der Waals surface area contributed by atoms with Crippen LogP contribution in [0.15, 0.2) is 64.6 Å². The molecule has 1 aliphatic heterocycles. The van der Waals surface area contributed by atoms with Crippen molar-refractivity contribution in [2.45, 2.75) is 45.1 Å². The van der Waals surface area contributed by atoms with Crippen molar-refractivity contribution in [1.29, 1.82) is 0 Å². The molecule has 0 spiro atoms. The minimum atomic E-state index is -0.419. The number of hydrogen-bond donors (Lipinski definition) is 0. The minimum absolute atomic E-state index is 0.228. The number of fused-ring (bicyclic) bond motifs is 1. The molecule has 0 saturated heterocycles. The standard InChI is InChI=1S/C28H31N5O2/c1-4-35-28(34)23-24(19-11-7-5-8-12-19)31-33-26(23)30-25(20-15-17-22(18-16-20)32(2)3)27(33)29-21-13-9-6-10-14-21/h5,7-8,11-12,15-18,21H,4,6,9-10,13-14H2,1-3H3. The van der Waals surface area contributed by atoms with E-state index in [0.717, 1.165) is 35.4 Å². The summed E-state index contributed by atoms with van der Waals surface area (Å²) in [4.78, 5) is 25.3. The lowest BCUT2D eigenvalue weighted by Crippen LogP contribution is -2.24. The van der Waals surface area contributed by atoms with E-state index < -0.39 is 5.97 Å². The number of aliphatic imine (C=N–C) groups is 2. The molecule has 0 atom stereocenters. The van der Waals surface area contributed by atoms with Crippen LogP contribution in [0.3, 0.4) is 0 Å². The molecule has 2 aromatic carbocycles. The zero-order valence-corrected chi connectivity index (χ0v) is 20.6. The second kappa shape index (κ2) is 9.86. The molecule has 7 heteroatoms. The number of ether oxygens (including phenoxy) is 1. The monoisotopic (exact) mass is 469 g/mol. The van der Waals surface area contributed by atoms with Gasteiger partial charge in [0.15, 0.2) is 11.7 Å². The van der Waals surface area contributed by atoms with Gasteiger partial charge in [0.25, 0.3) is 0 Å². The van der Waals surface area contributed by atoms with Gasteiger partial charge in [-0.15, -0.1) is 0 Å². The summed E-state index contributed by atoms with van der Waals surface area (Å²) in [6.45, 7) is 2.09. The first-order valence-corrected chi connectivity index (χ1v) is 12.4. The highest BCUT2D eigenvalue weighted by Gasteiger charge is 2.34. The molecular formula is C28H31N5O2. The average Bonchev–Trinajstić information content (AvgIpc) is 3.42. The van der Waals surface area contributed by atoms with Gasteiger partial charge in [-0.1, -0.05) is 61.7 Å². The first-order valence-electron chi connectivity index (χ1n) is 12.4. The molecule has 2 heterocycles. The fourth-order valence-electron chi connectivity index (χ4n) is 4.72. The number of esters is 1. The smallest absolute Gasteiger partial charge is 0.344 e. The molecule has 1 fully saturated rings. The SMILES string of the molecule is CCOC(=O)c1c(-c2ccccc2)nn2c1N=C(c1ccc(N(C)C)cc1)C2=NC1CCCCC1. The molecule has 5 rings (SSSR count). The van der Waals surface area contributed by atoms with Crippen molar-refractivity contribution in [1.82, 2.24) is 9.78 Å². The Morgan fingerprint density at radius 2 is 1.74 bits per heavy atom. The van der Waals surface area contributed by atoms with Gasteiger partial charge in [0, 0.05) is 30.9 Å². The van der Waals surface area contributed by atoms with Crippen LogP contribution in [0.2, 0.25) is 0 Å². The molecule has 0 bridgehead atoms. The van der Waals surface area contributed by atoms with E-state index in [-0.39, 0.29) is 12.6 Å². The van der Waals surface area contributed by atoms with E-state index in [4.69, 9.17) is 19.8 Å². The summed E-state index contributed by atoms with van der Waals surface area (Å²) < 4.78 is 7.18. The Labute approximate surface area is 206 Å². The third-order valence-electron chi connectivity index (χ3n) is 6.55. The molecule has 0 radical (unpaired) electrons. The van der Waals surface area contributed by atoms with E-state index in [1.165, 1.54) is 19.3 Å². The Morgan fingerprint density at radius 1 is 1.03 bits per heavy atom. The molecular weight excluding hydrogens is 438 g/mol. The number of hydrogen-bond acceptors (Lipinski definition) is 6. The zero-order chi connectivity index (χ0) is 24.4. The third-order valence-corrected chi connectivity index (χ3v) is 6.55. The van der Waals surface area contributed by atoms with E-state index in [0.29, 0.717) is 22.9 Å². The molecule has 180 valence electrons. The summed E-state index contributed by atoms with van der Waals surface area (Å²) >= 11 is 0. The second-order valence-corrected chi connectivity index (χ2v) is 9.19. The number of carbonyl (C=O) groups excluding carboxylic acids is 1. The van der Waals surface area contributed by atoms with Crippen LogP contribution < -0.4 is 4.90 Å². The Morgan fingerprint density at radius 3 is 2.40 bits per heavy atom. The van der Waals surface area contributed by atoms with Gasteiger partial charge in [0.1, 0.15) is 17.0 Å². The van der Waals surface area contributed by atoms with E-state index in [9.17, 15) is 4.79 Å². The van der Waals surface area contributed by atoms with Gasteiger partial charge in [-0.3, -0.25) is 4.99 Å². The molecule has 2 aliphatic rings. The molecule has 0 unspecified atom stereocenters. The summed E-state index contributed by atoms with van der Waals surface area (Å²) in [5, 5.41) is 4.89. The summed E-state index contributed by atoms with van der Waals surface area (Å²) in [6, 6.07) is 18.2. The first-order chi connectivity index (χ1) is 17.1. The van der Waals surface area contributed by atoms with Gasteiger partial charge in [0.05, 0.1) is 12.6 Å². The predicted octanol–water partition coefficient (Wildman–Crippen LogP) is 5.51. The lowest BCUT2D eigenvalue weighted by molar-refractivity contribution is 0.0528. The Kier molecular flexibility index (Phi) is 6.49. The molecule has 35 heavy (non-hydrogen) atoms. The average molecular weight is 470 g/mol. The highest BCUT2D eigenvalue weighted by molar-refractivity contribution is 6.50. The molecule has 1 saturated carbocycles. The van der Waals surface area contributed by atoms with Gasteiger partial charge >= 0.3 is 5.97 Å². The van der Waals surface area contributed by atoms with Gasteiger partial charge in [-0.05, 0) is 31.9 Å². The maximum absolute atomic E-state index is 13.1. The number of carbonyl (C=O) groups is 1. The lowest BCUT2D eigenvalue weighted by Gasteiger charge is -2.19. The van der Waals surface area contributed by atoms with E-state index >= 15 is 0 Å². The van der Waals surface area contributed by atoms with Crippen molar-refractivity contribution in [3.05, 3.63) is 65.7 Å². The van der Waals surface area contributed by atoms with E-state index in [2.05, 4.69) is 29.2 Å². The Hall–Kier alpha value is -3.74. The number of benzene rings is 2. The van der Waals surface area contributed by atoms with Crippen LogP contribution in [-0.4, -0.2) is 54.0 Å². The normalized spacial score (nSPS) is 16.8. The Balaban J connectivity index is 1.68. The molecule has 1 aliphatic carbocycles. The number of aromatic nitrogens is 2. The molecule has 0 N–H and O–H groups in total. The van der Waals surface area contributed by atoms with Crippen LogP contribution in [0.25, 0.3) is 11.3 Å². The van der Waals surface area contributed by atoms with Crippen molar-refractivity contribution in [2.24, 2.45) is 9.98 Å². The zero-order valence-electron chi connectivity index (χ0n) is 20.6. The fourth-order valence-corrected chi connectivity index (χ4v) is 4.72. The maximum Gasteiger partial charge on any atom is 0.344 e. The maximum atomic E-state index is 13.1. The summed E-state index contributed by atoms with van der Waals surface area (Å²) in [6.07, 6.45) is 5.74. The number of anilines is 1. The van der Waals surface area contributed by atoms with Gasteiger partial charge in [-0.2, -0.15) is 9.78 Å². The van der Waals surface area contributed by atoms with Crippen LogP contribution in [0.1, 0.15) is 54.9 Å². The molecule has 3 aromatic rings. The topological polar surface area (TPSA) is 72.1 Å². The summed E-state index contributed by atoms with van der Waals surface area (Å²) in [5.74, 6) is 0.776. The van der Waals surface area contributed by atoms with Gasteiger partial charge < -0.3 is 9.64 Å². The van der Waals surface area contributed by atoms with Gasteiger partial charge in [0.2, 0.25) is 0 Å². The third kappa shape index (κ3) is 4.50. The molecule has 1 aromatic heterocycles. The predicted molar refractivity (Wildman–Crippen MR) is 140 cm³/mol. The first kappa shape index (κ1) is 23.0. The van der Waals surface area contributed by atoms with Gasteiger partial charge in [-0.25, -0.2) is 9.79 Å². The summed E-state index contributed by atoms with van der Waals surface area (Å²) in [5.41, 5.74) is 4.60. The molecule has 0 amide bonds. The largest absolute Gasteiger partial charge is 0.462 e. The van der Waals surface area contributed by atoms with Crippen LogP contribution in [0, 0.1) is 0 Å². The second-order valence-electron chi connectivity index (χ2n) is 9.19. The highest BCUT2D eigenvalue weighted by Crippen LogP contribution is 2.36. The van der Waals surface area contributed by atoms with Crippen LogP contribution >= 0.6 is 0 Å². The van der Waals surface area contributed by atoms with Crippen molar-refractivity contribution >= 4 is 29.0 Å². The molecule has 7 nitrogen and oxygen atoms in total. The highest BCUT2D eigenvalue weighted by atomic mass is 16.5. The fraction of sp³-hybridized carbons (Fsp3) is 0.357. The van der Waals surface area contributed by atoms with Crippen molar-refractivity contribution in [2.75, 3.05) is 25.6 Å². The van der Waals surface area contributed by atoms with Crippen molar-refractivity contribution in [3.8, 4) is 11.3 Å². The van der Waals surface area contributed by atoms with E-state index in [1.54, 1.807) is 11.6 Å². The van der Waals surface area contributed by atoms with Crippen molar-refractivity contribution in [3.63, 3.8) is 0 Å². The van der Waals surface area contributed by atoms with E-state index in [1.807, 2.05) is 44.4 Å². The Bertz CT molecular complexity index is 1270. The number of rotatable bonds is 6. The summed E-state index contributed by atoms with van der Waals surface area (Å²) in [7, 11) is 4.04.